The number of aliphatic imine (C=N–C) groups is 1. The number of hydrogen-bond acceptors (Lipinski definition) is 2. The summed E-state index contributed by atoms with van der Waals surface area (Å²) in [5, 5.41) is 0. The first-order valence-corrected chi connectivity index (χ1v) is 6.29. The van der Waals surface area contributed by atoms with Crippen molar-refractivity contribution in [1.29, 1.82) is 0 Å². The first kappa shape index (κ1) is 10.8. The normalized spacial score (nSPS) is 23.2. The molecule has 3 rings (SSSR count). The monoisotopic (exact) mass is 228 g/mol. The maximum atomic E-state index is 5.95. The number of amidine groups is 1. The van der Waals surface area contributed by atoms with Crippen molar-refractivity contribution in [2.24, 2.45) is 10.7 Å². The molecule has 0 spiro atoms. The Hall–Kier alpha value is -1.31. The van der Waals surface area contributed by atoms with Crippen molar-refractivity contribution in [3.8, 4) is 0 Å². The highest BCUT2D eigenvalue weighted by Gasteiger charge is 2.42. The van der Waals surface area contributed by atoms with Gasteiger partial charge < -0.3 is 5.73 Å². The molecule has 0 fully saturated rings. The van der Waals surface area contributed by atoms with E-state index in [1.807, 2.05) is 0 Å². The summed E-state index contributed by atoms with van der Waals surface area (Å²) in [5.74, 6) is 0.711. The fraction of sp³-hybridized carbons (Fsp3) is 0.533. The van der Waals surface area contributed by atoms with Crippen molar-refractivity contribution in [2.75, 3.05) is 0 Å². The minimum atomic E-state index is 0.247. The van der Waals surface area contributed by atoms with E-state index < -0.39 is 0 Å². The van der Waals surface area contributed by atoms with Crippen LogP contribution in [0.4, 0.5) is 0 Å². The third-order valence-corrected chi connectivity index (χ3v) is 4.28. The topological polar surface area (TPSA) is 38.4 Å². The van der Waals surface area contributed by atoms with E-state index in [-0.39, 0.29) is 10.8 Å². The lowest BCUT2D eigenvalue weighted by molar-refractivity contribution is 0.403. The largest absolute Gasteiger partial charge is 0.383 e. The van der Waals surface area contributed by atoms with Gasteiger partial charge >= 0.3 is 0 Å². The van der Waals surface area contributed by atoms with Gasteiger partial charge in [-0.1, -0.05) is 33.8 Å². The van der Waals surface area contributed by atoms with Gasteiger partial charge in [-0.25, -0.2) is 0 Å². The molecule has 2 heteroatoms. The zero-order valence-corrected chi connectivity index (χ0v) is 11.1. The number of benzene rings is 1. The van der Waals surface area contributed by atoms with E-state index in [4.69, 9.17) is 5.73 Å². The zero-order chi connectivity index (χ0) is 12.4. The number of nitrogens with zero attached hydrogens (tertiary/aromatic N) is 1. The minimum absolute atomic E-state index is 0.247. The van der Waals surface area contributed by atoms with E-state index in [0.717, 1.165) is 12.1 Å². The van der Waals surface area contributed by atoms with E-state index >= 15 is 0 Å². The van der Waals surface area contributed by atoms with Gasteiger partial charge in [-0.05, 0) is 40.0 Å². The minimum Gasteiger partial charge on any atom is -0.383 e. The smallest absolute Gasteiger partial charge is 0.126 e. The Labute approximate surface area is 103 Å². The van der Waals surface area contributed by atoms with Crippen molar-refractivity contribution in [3.63, 3.8) is 0 Å². The second-order valence-electron chi connectivity index (χ2n) is 6.70. The van der Waals surface area contributed by atoms with Crippen molar-refractivity contribution >= 4 is 5.84 Å². The van der Waals surface area contributed by atoms with Crippen LogP contribution in [0.25, 0.3) is 0 Å². The fourth-order valence-electron chi connectivity index (χ4n) is 3.68. The van der Waals surface area contributed by atoms with Crippen LogP contribution in [0.1, 0.15) is 56.4 Å². The molecule has 0 atom stereocenters. The summed E-state index contributed by atoms with van der Waals surface area (Å²) in [7, 11) is 0. The molecule has 1 aliphatic carbocycles. The predicted molar refractivity (Wildman–Crippen MR) is 71.5 cm³/mol. The Morgan fingerprint density at radius 1 is 1.06 bits per heavy atom. The van der Waals surface area contributed by atoms with Crippen LogP contribution in [-0.4, -0.2) is 5.84 Å². The quantitative estimate of drug-likeness (QED) is 0.728. The summed E-state index contributed by atoms with van der Waals surface area (Å²) in [4.78, 5) is 4.33. The Bertz CT molecular complexity index is 536. The van der Waals surface area contributed by atoms with E-state index in [0.29, 0.717) is 5.84 Å². The average Bonchev–Trinajstić information content (AvgIpc) is 2.64. The van der Waals surface area contributed by atoms with E-state index in [9.17, 15) is 0 Å². The molecule has 0 radical (unpaired) electrons. The first-order chi connectivity index (χ1) is 7.81. The van der Waals surface area contributed by atoms with Crippen molar-refractivity contribution < 1.29 is 0 Å². The van der Waals surface area contributed by atoms with E-state index in [1.54, 1.807) is 0 Å². The summed E-state index contributed by atoms with van der Waals surface area (Å²) in [6.45, 7) is 10.1. The molecule has 0 saturated carbocycles. The summed E-state index contributed by atoms with van der Waals surface area (Å²) in [6.07, 6.45) is 1.20. The molecule has 0 saturated heterocycles. The molecular weight excluding hydrogens is 208 g/mol. The lowest BCUT2D eigenvalue weighted by Gasteiger charge is -2.22. The molecule has 1 aromatic carbocycles. The van der Waals surface area contributed by atoms with Gasteiger partial charge in [-0.2, -0.15) is 0 Å². The van der Waals surface area contributed by atoms with Gasteiger partial charge in [0.2, 0.25) is 0 Å². The molecule has 2 aliphatic rings. The molecule has 1 heterocycles. The van der Waals surface area contributed by atoms with Crippen LogP contribution in [0.5, 0.6) is 0 Å². The Balaban J connectivity index is 2.27. The molecule has 2 nitrogen and oxygen atoms in total. The summed E-state index contributed by atoms with van der Waals surface area (Å²) in [5.41, 5.74) is 11.9. The second-order valence-corrected chi connectivity index (χ2v) is 6.70. The van der Waals surface area contributed by atoms with Gasteiger partial charge in [0.15, 0.2) is 0 Å². The van der Waals surface area contributed by atoms with Crippen LogP contribution in [-0.2, 0) is 17.4 Å². The third kappa shape index (κ3) is 1.36. The Kier molecular flexibility index (Phi) is 1.86. The second kappa shape index (κ2) is 2.92. The Morgan fingerprint density at radius 2 is 1.65 bits per heavy atom. The highest BCUT2D eigenvalue weighted by Crippen LogP contribution is 2.50. The van der Waals surface area contributed by atoms with Crippen LogP contribution in [0.15, 0.2) is 17.1 Å². The van der Waals surface area contributed by atoms with Crippen LogP contribution in [0, 0.1) is 0 Å². The molecule has 1 aromatic rings. The zero-order valence-electron chi connectivity index (χ0n) is 11.1. The van der Waals surface area contributed by atoms with Crippen LogP contribution < -0.4 is 5.73 Å². The molecule has 2 N–H and O–H groups in total. The van der Waals surface area contributed by atoms with Gasteiger partial charge in [0.1, 0.15) is 5.84 Å². The van der Waals surface area contributed by atoms with Crippen LogP contribution >= 0.6 is 0 Å². The highest BCUT2D eigenvalue weighted by atomic mass is 14.9. The van der Waals surface area contributed by atoms with Crippen molar-refractivity contribution in [1.82, 2.24) is 0 Å². The average molecular weight is 228 g/mol. The molecule has 90 valence electrons. The van der Waals surface area contributed by atoms with Gasteiger partial charge in [0.05, 0.1) is 6.54 Å². The first-order valence-electron chi connectivity index (χ1n) is 6.29. The number of fused-ring (bicyclic) bond motifs is 2. The SMILES string of the molecule is CC1(C)CC(C)(C)c2cc3c(cc21)CN=C3N. The third-order valence-electron chi connectivity index (χ3n) is 4.28. The Morgan fingerprint density at radius 3 is 2.29 bits per heavy atom. The lowest BCUT2D eigenvalue weighted by atomic mass is 9.82. The van der Waals surface area contributed by atoms with Crippen LogP contribution in [0.2, 0.25) is 0 Å². The van der Waals surface area contributed by atoms with E-state index in [2.05, 4.69) is 44.8 Å². The summed E-state index contributed by atoms with van der Waals surface area (Å²) < 4.78 is 0. The number of nitrogens with two attached hydrogens (primary N) is 1. The standard InChI is InChI=1S/C15H20N2/c1-14(2)8-15(3,4)12-6-10-9(5-11(12)14)7-17-13(10)16/h5-6H,7-8H2,1-4H3,(H2,16,17). The van der Waals surface area contributed by atoms with Gasteiger partial charge in [-0.15, -0.1) is 0 Å². The molecule has 0 amide bonds. The molecule has 1 aliphatic heterocycles. The molecule has 0 aromatic heterocycles. The van der Waals surface area contributed by atoms with Crippen LogP contribution in [0.3, 0.4) is 0 Å². The lowest BCUT2D eigenvalue weighted by Crippen LogP contribution is -2.18. The fourth-order valence-corrected chi connectivity index (χ4v) is 3.68. The highest BCUT2D eigenvalue weighted by molar-refractivity contribution is 6.01. The molecule has 0 unspecified atom stereocenters. The summed E-state index contributed by atoms with van der Waals surface area (Å²) >= 11 is 0. The van der Waals surface area contributed by atoms with Crippen molar-refractivity contribution in [3.05, 3.63) is 34.4 Å². The number of rotatable bonds is 0. The maximum Gasteiger partial charge on any atom is 0.126 e. The van der Waals surface area contributed by atoms with E-state index in [1.165, 1.54) is 23.1 Å². The van der Waals surface area contributed by atoms with Gasteiger partial charge in [-0.3, -0.25) is 4.99 Å². The predicted octanol–water partition coefficient (Wildman–Crippen LogP) is 2.86. The number of hydrogen-bond donors (Lipinski definition) is 1. The molecule has 0 bridgehead atoms. The molecule has 17 heavy (non-hydrogen) atoms. The van der Waals surface area contributed by atoms with Gasteiger partial charge in [0.25, 0.3) is 0 Å². The maximum absolute atomic E-state index is 5.95. The molecular formula is C15H20N2. The van der Waals surface area contributed by atoms with Crippen molar-refractivity contribution in [2.45, 2.75) is 51.5 Å². The summed E-state index contributed by atoms with van der Waals surface area (Å²) in [6, 6.07) is 4.62. The van der Waals surface area contributed by atoms with Gasteiger partial charge in [0, 0.05) is 5.56 Å².